The summed E-state index contributed by atoms with van der Waals surface area (Å²) < 4.78 is 15.9. The van der Waals surface area contributed by atoms with Gasteiger partial charge in [0, 0.05) is 13.6 Å². The number of para-hydroxylation sites is 1. The minimum absolute atomic E-state index is 0.142. The molecule has 0 saturated carbocycles. The number of ether oxygens (including phenoxy) is 3. The molecule has 0 bridgehead atoms. The quantitative estimate of drug-likeness (QED) is 0.662. The maximum atomic E-state index is 12.5. The molecule has 0 aliphatic carbocycles. The molecule has 0 aliphatic rings. The van der Waals surface area contributed by atoms with Crippen LogP contribution >= 0.6 is 0 Å². The van der Waals surface area contributed by atoms with Crippen LogP contribution in [0.3, 0.4) is 0 Å². The van der Waals surface area contributed by atoms with Crippen molar-refractivity contribution in [1.82, 2.24) is 10.2 Å². The highest BCUT2D eigenvalue weighted by Crippen LogP contribution is 2.27. The van der Waals surface area contributed by atoms with Gasteiger partial charge in [0.05, 0.1) is 14.2 Å². The summed E-state index contributed by atoms with van der Waals surface area (Å²) in [5.74, 6) is 1.41. The minimum Gasteiger partial charge on any atom is -0.493 e. The number of amides is 2. The average molecular weight is 400 g/mol. The van der Waals surface area contributed by atoms with Crippen LogP contribution in [0.5, 0.6) is 17.2 Å². The predicted octanol–water partition coefficient (Wildman–Crippen LogP) is 2.29. The maximum Gasteiger partial charge on any atom is 0.258 e. The number of benzene rings is 2. The topological polar surface area (TPSA) is 77.1 Å². The summed E-state index contributed by atoms with van der Waals surface area (Å²) in [6.45, 7) is 2.03. The van der Waals surface area contributed by atoms with Gasteiger partial charge in [-0.1, -0.05) is 24.3 Å². The van der Waals surface area contributed by atoms with Crippen molar-refractivity contribution >= 4 is 11.8 Å². The Morgan fingerprint density at radius 3 is 2.38 bits per heavy atom. The van der Waals surface area contributed by atoms with Gasteiger partial charge in [0.15, 0.2) is 18.1 Å². The molecule has 1 atom stereocenters. The zero-order valence-electron chi connectivity index (χ0n) is 17.3. The molecule has 29 heavy (non-hydrogen) atoms. The molecule has 0 heterocycles. The lowest BCUT2D eigenvalue weighted by atomic mass is 10.1. The second-order valence-corrected chi connectivity index (χ2v) is 6.59. The molecule has 2 amide bonds. The number of nitrogens with one attached hydrogen (secondary N) is 1. The van der Waals surface area contributed by atoms with Gasteiger partial charge in [-0.15, -0.1) is 0 Å². The van der Waals surface area contributed by atoms with Gasteiger partial charge in [-0.05, 0) is 43.2 Å². The Bertz CT molecular complexity index is 810. The number of hydrogen-bond donors (Lipinski definition) is 1. The molecule has 0 saturated heterocycles. The van der Waals surface area contributed by atoms with Gasteiger partial charge in [-0.25, -0.2) is 0 Å². The van der Waals surface area contributed by atoms with Crippen molar-refractivity contribution in [3.05, 3.63) is 54.1 Å². The SMILES string of the molecule is COc1ccc(CCN(C)C(=O)C(C)NC(=O)COc2ccccc2)cc1OC. The summed E-state index contributed by atoms with van der Waals surface area (Å²) in [6, 6.07) is 14.1. The van der Waals surface area contributed by atoms with Crippen LogP contribution in [0.2, 0.25) is 0 Å². The molecule has 0 aromatic heterocycles. The summed E-state index contributed by atoms with van der Waals surface area (Å²) in [4.78, 5) is 26.2. The molecule has 2 rings (SSSR count). The van der Waals surface area contributed by atoms with Crippen LogP contribution in [0.25, 0.3) is 0 Å². The third-order valence-corrected chi connectivity index (χ3v) is 4.42. The maximum absolute atomic E-state index is 12.5. The molecule has 156 valence electrons. The first-order chi connectivity index (χ1) is 13.9. The Balaban J connectivity index is 1.80. The first-order valence-corrected chi connectivity index (χ1v) is 9.37. The fraction of sp³-hybridized carbons (Fsp3) is 0.364. The number of methoxy groups -OCH3 is 2. The molecular weight excluding hydrogens is 372 g/mol. The number of carbonyl (C=O) groups is 2. The lowest BCUT2D eigenvalue weighted by Gasteiger charge is -2.22. The van der Waals surface area contributed by atoms with Crippen molar-refractivity contribution in [1.29, 1.82) is 0 Å². The minimum atomic E-state index is -0.641. The van der Waals surface area contributed by atoms with E-state index in [1.807, 2.05) is 36.4 Å². The molecule has 2 aromatic rings. The van der Waals surface area contributed by atoms with Crippen molar-refractivity contribution in [3.8, 4) is 17.2 Å². The third-order valence-electron chi connectivity index (χ3n) is 4.42. The highest BCUT2D eigenvalue weighted by atomic mass is 16.5. The van der Waals surface area contributed by atoms with Crippen molar-refractivity contribution in [2.45, 2.75) is 19.4 Å². The zero-order valence-corrected chi connectivity index (χ0v) is 17.3. The molecule has 0 spiro atoms. The van der Waals surface area contributed by atoms with E-state index in [4.69, 9.17) is 14.2 Å². The predicted molar refractivity (Wildman–Crippen MR) is 110 cm³/mol. The van der Waals surface area contributed by atoms with Gasteiger partial charge in [-0.2, -0.15) is 0 Å². The van der Waals surface area contributed by atoms with Crippen LogP contribution in [-0.2, 0) is 16.0 Å². The largest absolute Gasteiger partial charge is 0.493 e. The number of nitrogens with zero attached hydrogens (tertiary/aromatic N) is 1. The Labute approximate surface area is 171 Å². The molecule has 1 unspecified atom stereocenters. The Morgan fingerprint density at radius 1 is 1.03 bits per heavy atom. The molecule has 7 heteroatoms. The fourth-order valence-electron chi connectivity index (χ4n) is 2.78. The van der Waals surface area contributed by atoms with E-state index in [1.165, 1.54) is 0 Å². The van der Waals surface area contributed by atoms with Crippen LogP contribution < -0.4 is 19.5 Å². The molecule has 0 aliphatic heterocycles. The standard InChI is InChI=1S/C22H28N2O5/c1-16(23-21(25)15-29-18-8-6-5-7-9-18)22(26)24(2)13-12-17-10-11-19(27-3)20(14-17)28-4/h5-11,14,16H,12-13,15H2,1-4H3,(H,23,25). The van der Waals surface area contributed by atoms with E-state index in [2.05, 4.69) is 5.32 Å². The van der Waals surface area contributed by atoms with Gasteiger partial charge in [0.2, 0.25) is 5.91 Å². The van der Waals surface area contributed by atoms with Crippen LogP contribution in [0, 0.1) is 0 Å². The van der Waals surface area contributed by atoms with Gasteiger partial charge >= 0.3 is 0 Å². The van der Waals surface area contributed by atoms with E-state index in [1.54, 1.807) is 45.2 Å². The van der Waals surface area contributed by atoms with Gasteiger partial charge in [-0.3, -0.25) is 9.59 Å². The lowest BCUT2D eigenvalue weighted by Crippen LogP contribution is -2.47. The molecular formula is C22H28N2O5. The monoisotopic (exact) mass is 400 g/mol. The summed E-state index contributed by atoms with van der Waals surface area (Å²) in [5.41, 5.74) is 1.02. The first-order valence-electron chi connectivity index (χ1n) is 9.37. The van der Waals surface area contributed by atoms with Crippen molar-refractivity contribution in [2.24, 2.45) is 0 Å². The molecule has 2 aromatic carbocycles. The number of hydrogen-bond acceptors (Lipinski definition) is 5. The van der Waals surface area contributed by atoms with Crippen LogP contribution in [0.1, 0.15) is 12.5 Å². The van der Waals surface area contributed by atoms with Crippen molar-refractivity contribution < 1.29 is 23.8 Å². The Kier molecular flexibility index (Phi) is 8.33. The molecule has 0 radical (unpaired) electrons. The van der Waals surface area contributed by atoms with Crippen LogP contribution in [-0.4, -0.2) is 57.2 Å². The second-order valence-electron chi connectivity index (χ2n) is 6.59. The summed E-state index contributed by atoms with van der Waals surface area (Å²) in [6.07, 6.45) is 0.653. The summed E-state index contributed by atoms with van der Waals surface area (Å²) in [5, 5.41) is 2.67. The summed E-state index contributed by atoms with van der Waals surface area (Å²) in [7, 11) is 4.89. The number of rotatable bonds is 10. The fourth-order valence-corrected chi connectivity index (χ4v) is 2.78. The van der Waals surface area contributed by atoms with Crippen molar-refractivity contribution in [2.75, 3.05) is 34.4 Å². The second kappa shape index (κ2) is 10.9. The molecule has 1 N–H and O–H groups in total. The van der Waals surface area contributed by atoms with E-state index in [0.717, 1.165) is 5.56 Å². The van der Waals surface area contributed by atoms with Crippen LogP contribution in [0.15, 0.2) is 48.5 Å². The lowest BCUT2D eigenvalue weighted by molar-refractivity contribution is -0.135. The van der Waals surface area contributed by atoms with Gasteiger partial charge in [0.1, 0.15) is 11.8 Å². The first kappa shape index (κ1) is 22.1. The molecule has 7 nitrogen and oxygen atoms in total. The van der Waals surface area contributed by atoms with E-state index in [9.17, 15) is 9.59 Å². The normalized spacial score (nSPS) is 11.3. The van der Waals surface area contributed by atoms with Crippen molar-refractivity contribution in [3.63, 3.8) is 0 Å². The Morgan fingerprint density at radius 2 is 1.72 bits per heavy atom. The van der Waals surface area contributed by atoms with E-state index >= 15 is 0 Å². The average Bonchev–Trinajstić information content (AvgIpc) is 2.75. The smallest absolute Gasteiger partial charge is 0.258 e. The highest BCUT2D eigenvalue weighted by Gasteiger charge is 2.19. The van der Waals surface area contributed by atoms with Crippen LogP contribution in [0.4, 0.5) is 0 Å². The number of carbonyl (C=O) groups excluding carboxylic acids is 2. The third kappa shape index (κ3) is 6.71. The van der Waals surface area contributed by atoms with E-state index < -0.39 is 6.04 Å². The van der Waals surface area contributed by atoms with E-state index in [0.29, 0.717) is 30.2 Å². The highest BCUT2D eigenvalue weighted by molar-refractivity contribution is 5.87. The Hall–Kier alpha value is -3.22. The van der Waals surface area contributed by atoms with Gasteiger partial charge in [0.25, 0.3) is 5.91 Å². The van der Waals surface area contributed by atoms with Gasteiger partial charge < -0.3 is 24.4 Å². The zero-order chi connectivity index (χ0) is 21.2. The molecule has 0 fully saturated rings. The summed E-state index contributed by atoms with van der Waals surface area (Å²) >= 11 is 0. The number of likely N-dealkylation sites (N-methyl/N-ethyl adjacent to an activating group) is 1. The van der Waals surface area contributed by atoms with E-state index in [-0.39, 0.29) is 18.4 Å².